The van der Waals surface area contributed by atoms with Gasteiger partial charge in [0.1, 0.15) is 18.0 Å². The average molecular weight is 261 g/mol. The van der Waals surface area contributed by atoms with Crippen molar-refractivity contribution in [2.75, 3.05) is 12.4 Å². The fraction of sp³-hybridized carbons (Fsp3) is 0.167. The molecule has 2 rings (SSSR count). The number of hydrogen-bond donors (Lipinski definition) is 2. The number of aromatic nitrogens is 3. The number of hydrogen-bond acceptors (Lipinski definition) is 5. The third kappa shape index (κ3) is 3.21. The second-order valence-corrected chi connectivity index (χ2v) is 3.68. The Balaban J connectivity index is 2.10. The van der Waals surface area contributed by atoms with Crippen molar-refractivity contribution >= 4 is 11.7 Å². The topological polar surface area (TPSA) is 79.8 Å². The molecule has 0 saturated carbocycles. The van der Waals surface area contributed by atoms with Crippen molar-refractivity contribution in [1.82, 2.24) is 20.3 Å². The molecule has 2 N–H and O–H groups in total. The molecule has 0 unspecified atom stereocenters. The van der Waals surface area contributed by atoms with Crippen LogP contribution in [0, 0.1) is 5.82 Å². The molecule has 0 aliphatic rings. The number of carbonyl (C=O) groups excluding carboxylic acids is 1. The zero-order valence-electron chi connectivity index (χ0n) is 10.2. The summed E-state index contributed by atoms with van der Waals surface area (Å²) in [5.41, 5.74) is 0.815. The minimum Gasteiger partial charge on any atom is -0.372 e. The van der Waals surface area contributed by atoms with Gasteiger partial charge in [0.25, 0.3) is 5.91 Å². The highest BCUT2D eigenvalue weighted by molar-refractivity contribution is 5.98. The van der Waals surface area contributed by atoms with Crippen LogP contribution in [-0.4, -0.2) is 27.9 Å². The standard InChI is InChI=1S/C12H12FN5O/c1-14-11-10(4-8(13)5-16-11)12(19)17-6-9-2-3-15-7-18-9/h2-5,7H,6H2,1H3,(H,14,16)(H,17,19). The zero-order chi connectivity index (χ0) is 13.7. The average Bonchev–Trinajstić information content (AvgIpc) is 2.46. The molecule has 0 fully saturated rings. The maximum atomic E-state index is 13.1. The van der Waals surface area contributed by atoms with E-state index in [1.807, 2.05) is 0 Å². The fourth-order valence-corrected chi connectivity index (χ4v) is 1.50. The van der Waals surface area contributed by atoms with E-state index in [2.05, 4.69) is 25.6 Å². The zero-order valence-corrected chi connectivity index (χ0v) is 10.2. The first-order chi connectivity index (χ1) is 9.20. The van der Waals surface area contributed by atoms with E-state index in [0.29, 0.717) is 11.5 Å². The number of nitrogens with one attached hydrogen (secondary N) is 2. The maximum Gasteiger partial charge on any atom is 0.255 e. The van der Waals surface area contributed by atoms with E-state index in [1.54, 1.807) is 19.3 Å². The molecule has 1 amide bonds. The lowest BCUT2D eigenvalue weighted by molar-refractivity contribution is 0.0950. The van der Waals surface area contributed by atoms with Gasteiger partial charge in [-0.2, -0.15) is 0 Å². The molecule has 7 heteroatoms. The normalized spacial score (nSPS) is 10.0. The number of carbonyl (C=O) groups is 1. The minimum absolute atomic E-state index is 0.150. The highest BCUT2D eigenvalue weighted by Gasteiger charge is 2.13. The van der Waals surface area contributed by atoms with Crippen LogP contribution in [0.2, 0.25) is 0 Å². The Morgan fingerprint density at radius 2 is 2.26 bits per heavy atom. The van der Waals surface area contributed by atoms with Crippen LogP contribution in [0.4, 0.5) is 10.2 Å². The van der Waals surface area contributed by atoms with Crippen molar-refractivity contribution in [2.45, 2.75) is 6.54 Å². The van der Waals surface area contributed by atoms with E-state index in [-0.39, 0.29) is 12.1 Å². The third-order valence-corrected chi connectivity index (χ3v) is 2.41. The summed E-state index contributed by atoms with van der Waals surface area (Å²) in [4.78, 5) is 23.5. The summed E-state index contributed by atoms with van der Waals surface area (Å²) in [6, 6.07) is 2.82. The van der Waals surface area contributed by atoms with Gasteiger partial charge in [-0.15, -0.1) is 0 Å². The monoisotopic (exact) mass is 261 g/mol. The van der Waals surface area contributed by atoms with Crippen molar-refractivity contribution in [3.63, 3.8) is 0 Å². The van der Waals surface area contributed by atoms with E-state index in [4.69, 9.17) is 0 Å². The Morgan fingerprint density at radius 3 is 2.95 bits per heavy atom. The molecule has 0 radical (unpaired) electrons. The number of pyridine rings is 1. The summed E-state index contributed by atoms with van der Waals surface area (Å²) in [6.07, 6.45) is 4.02. The first-order valence-corrected chi connectivity index (χ1v) is 5.57. The molecule has 2 heterocycles. The van der Waals surface area contributed by atoms with Crippen LogP contribution in [0.1, 0.15) is 16.1 Å². The number of anilines is 1. The Labute approximate surface area is 109 Å². The first kappa shape index (κ1) is 12.9. The quantitative estimate of drug-likeness (QED) is 0.857. The van der Waals surface area contributed by atoms with Crippen LogP contribution in [0.3, 0.4) is 0 Å². The molecule has 0 bridgehead atoms. The van der Waals surface area contributed by atoms with Gasteiger partial charge in [0.2, 0.25) is 0 Å². The molecule has 19 heavy (non-hydrogen) atoms. The van der Waals surface area contributed by atoms with Gasteiger partial charge in [-0.25, -0.2) is 19.3 Å². The number of rotatable bonds is 4. The number of halogens is 1. The number of nitrogens with zero attached hydrogens (tertiary/aromatic N) is 3. The molecule has 0 aliphatic carbocycles. The van der Waals surface area contributed by atoms with Crippen LogP contribution in [0.5, 0.6) is 0 Å². The van der Waals surface area contributed by atoms with Gasteiger partial charge in [-0.3, -0.25) is 4.79 Å². The lowest BCUT2D eigenvalue weighted by atomic mass is 10.2. The predicted octanol–water partition coefficient (Wildman–Crippen LogP) is 0.982. The highest BCUT2D eigenvalue weighted by Crippen LogP contribution is 2.12. The van der Waals surface area contributed by atoms with Gasteiger partial charge in [0, 0.05) is 13.2 Å². The smallest absolute Gasteiger partial charge is 0.255 e. The van der Waals surface area contributed by atoms with Crippen LogP contribution in [0.15, 0.2) is 30.9 Å². The summed E-state index contributed by atoms with van der Waals surface area (Å²) in [5.74, 6) is -0.664. The van der Waals surface area contributed by atoms with Gasteiger partial charge in [-0.1, -0.05) is 0 Å². The lowest BCUT2D eigenvalue weighted by Crippen LogP contribution is -2.24. The van der Waals surface area contributed by atoms with Crippen LogP contribution in [0.25, 0.3) is 0 Å². The van der Waals surface area contributed by atoms with E-state index < -0.39 is 11.7 Å². The van der Waals surface area contributed by atoms with Crippen molar-refractivity contribution in [1.29, 1.82) is 0 Å². The molecule has 0 aromatic carbocycles. The Morgan fingerprint density at radius 1 is 1.42 bits per heavy atom. The highest BCUT2D eigenvalue weighted by atomic mass is 19.1. The van der Waals surface area contributed by atoms with Gasteiger partial charge >= 0.3 is 0 Å². The van der Waals surface area contributed by atoms with E-state index >= 15 is 0 Å². The Bertz CT molecular complexity index is 576. The summed E-state index contributed by atoms with van der Waals surface area (Å²) in [6.45, 7) is 0.237. The fourth-order valence-electron chi connectivity index (χ4n) is 1.50. The summed E-state index contributed by atoms with van der Waals surface area (Å²) in [7, 11) is 1.61. The van der Waals surface area contributed by atoms with Crippen LogP contribution in [-0.2, 0) is 6.54 Å². The van der Waals surface area contributed by atoms with Crippen molar-refractivity contribution in [2.24, 2.45) is 0 Å². The molecule has 0 aliphatic heterocycles. The summed E-state index contributed by atoms with van der Waals surface area (Å²) in [5, 5.41) is 5.38. The third-order valence-electron chi connectivity index (χ3n) is 2.41. The second kappa shape index (κ2) is 5.85. The molecule has 2 aromatic rings. The predicted molar refractivity (Wildman–Crippen MR) is 66.9 cm³/mol. The van der Waals surface area contributed by atoms with Gasteiger partial charge in [-0.05, 0) is 12.1 Å². The summed E-state index contributed by atoms with van der Waals surface area (Å²) < 4.78 is 13.1. The summed E-state index contributed by atoms with van der Waals surface area (Å²) >= 11 is 0. The van der Waals surface area contributed by atoms with E-state index in [9.17, 15) is 9.18 Å². The molecule has 0 saturated heterocycles. The maximum absolute atomic E-state index is 13.1. The van der Waals surface area contributed by atoms with E-state index in [1.165, 1.54) is 6.33 Å². The SMILES string of the molecule is CNc1ncc(F)cc1C(=O)NCc1ccncn1. The van der Waals surface area contributed by atoms with Crippen LogP contribution < -0.4 is 10.6 Å². The number of amides is 1. The molecule has 0 atom stereocenters. The minimum atomic E-state index is -0.564. The van der Waals surface area contributed by atoms with Gasteiger partial charge in [0.05, 0.1) is 24.0 Å². The van der Waals surface area contributed by atoms with Gasteiger partial charge < -0.3 is 10.6 Å². The van der Waals surface area contributed by atoms with E-state index in [0.717, 1.165) is 12.3 Å². The Kier molecular flexibility index (Phi) is 3.97. The first-order valence-electron chi connectivity index (χ1n) is 5.57. The molecule has 2 aromatic heterocycles. The van der Waals surface area contributed by atoms with Crippen molar-refractivity contribution in [3.8, 4) is 0 Å². The molecular weight excluding hydrogens is 249 g/mol. The van der Waals surface area contributed by atoms with Crippen LogP contribution >= 0.6 is 0 Å². The molecular formula is C12H12FN5O. The lowest BCUT2D eigenvalue weighted by Gasteiger charge is -2.08. The Hall–Kier alpha value is -2.57. The van der Waals surface area contributed by atoms with Crippen molar-refractivity contribution in [3.05, 3.63) is 47.9 Å². The molecule has 98 valence electrons. The molecule has 6 nitrogen and oxygen atoms in total. The van der Waals surface area contributed by atoms with Crippen molar-refractivity contribution < 1.29 is 9.18 Å². The second-order valence-electron chi connectivity index (χ2n) is 3.68. The van der Waals surface area contributed by atoms with Gasteiger partial charge in [0.15, 0.2) is 0 Å². The molecule has 0 spiro atoms. The largest absolute Gasteiger partial charge is 0.372 e.